The summed E-state index contributed by atoms with van der Waals surface area (Å²) in [5.41, 5.74) is 2.50. The van der Waals surface area contributed by atoms with Crippen molar-refractivity contribution in [3.05, 3.63) is 71.3 Å². The van der Waals surface area contributed by atoms with Gasteiger partial charge in [0.05, 0.1) is 6.54 Å². The fourth-order valence-corrected chi connectivity index (χ4v) is 3.05. The van der Waals surface area contributed by atoms with E-state index in [4.69, 9.17) is 4.74 Å². The first-order valence-corrected chi connectivity index (χ1v) is 9.37. The second-order valence-electron chi connectivity index (χ2n) is 6.85. The largest absolute Gasteiger partial charge is 0.506 e. The smallest absolute Gasteiger partial charge is 0.342 e. The standard InChI is InChI=1S/C23H22N2O5/c1-14-6-5-7-15(2)21(14)25-19(26)12-24-20(27)13-30-23(29)18-11-10-16-8-3-4-9-17(16)22(18)28/h3-11,28H,12-13H2,1-2H3,(H,24,27)(H,25,26). The summed E-state index contributed by atoms with van der Waals surface area (Å²) in [5.74, 6) is -2.04. The molecule has 0 radical (unpaired) electrons. The van der Waals surface area contributed by atoms with Crippen LogP contribution in [0, 0.1) is 13.8 Å². The highest BCUT2D eigenvalue weighted by Gasteiger charge is 2.17. The third-order valence-electron chi connectivity index (χ3n) is 4.65. The van der Waals surface area contributed by atoms with Gasteiger partial charge in [-0.05, 0) is 36.4 Å². The van der Waals surface area contributed by atoms with Gasteiger partial charge in [-0.25, -0.2) is 4.79 Å². The van der Waals surface area contributed by atoms with Crippen LogP contribution in [-0.4, -0.2) is 36.0 Å². The zero-order valence-corrected chi connectivity index (χ0v) is 16.7. The van der Waals surface area contributed by atoms with Crippen molar-refractivity contribution in [3.63, 3.8) is 0 Å². The van der Waals surface area contributed by atoms with E-state index >= 15 is 0 Å². The van der Waals surface area contributed by atoms with Gasteiger partial charge in [0.1, 0.15) is 11.3 Å². The molecule has 3 aromatic rings. The highest BCUT2D eigenvalue weighted by molar-refractivity contribution is 6.02. The molecule has 7 heteroatoms. The number of amides is 2. The number of phenols is 1. The summed E-state index contributed by atoms with van der Waals surface area (Å²) in [4.78, 5) is 36.2. The molecule has 0 atom stereocenters. The monoisotopic (exact) mass is 406 g/mol. The fourth-order valence-electron chi connectivity index (χ4n) is 3.05. The average Bonchev–Trinajstić information content (AvgIpc) is 2.73. The zero-order chi connectivity index (χ0) is 21.7. The van der Waals surface area contributed by atoms with Crippen LogP contribution in [0.5, 0.6) is 5.75 Å². The Morgan fingerprint density at radius 2 is 1.60 bits per heavy atom. The van der Waals surface area contributed by atoms with Crippen LogP contribution in [0.25, 0.3) is 10.8 Å². The lowest BCUT2D eigenvalue weighted by atomic mass is 10.1. The maximum Gasteiger partial charge on any atom is 0.342 e. The number of hydrogen-bond donors (Lipinski definition) is 3. The molecule has 0 unspecified atom stereocenters. The van der Waals surface area contributed by atoms with Gasteiger partial charge < -0.3 is 20.5 Å². The number of phenolic OH excluding ortho intramolecular Hbond substituents is 1. The van der Waals surface area contributed by atoms with Crippen molar-refractivity contribution in [3.8, 4) is 5.75 Å². The van der Waals surface area contributed by atoms with Crippen molar-refractivity contribution in [2.75, 3.05) is 18.5 Å². The van der Waals surface area contributed by atoms with E-state index in [-0.39, 0.29) is 23.8 Å². The molecule has 3 N–H and O–H groups in total. The molecule has 0 bridgehead atoms. The highest BCUT2D eigenvalue weighted by Crippen LogP contribution is 2.28. The molecule has 0 saturated heterocycles. The Hall–Kier alpha value is -3.87. The molecule has 3 rings (SSSR count). The van der Waals surface area contributed by atoms with Crippen molar-refractivity contribution in [1.29, 1.82) is 0 Å². The third-order valence-corrected chi connectivity index (χ3v) is 4.65. The van der Waals surface area contributed by atoms with E-state index in [1.54, 1.807) is 24.3 Å². The van der Waals surface area contributed by atoms with Gasteiger partial charge in [-0.3, -0.25) is 9.59 Å². The lowest BCUT2D eigenvalue weighted by molar-refractivity contribution is -0.126. The second-order valence-corrected chi connectivity index (χ2v) is 6.85. The van der Waals surface area contributed by atoms with E-state index in [1.807, 2.05) is 38.1 Å². The number of nitrogens with one attached hydrogen (secondary N) is 2. The van der Waals surface area contributed by atoms with Crippen molar-refractivity contribution >= 4 is 34.2 Å². The van der Waals surface area contributed by atoms with Crippen molar-refractivity contribution < 1.29 is 24.2 Å². The molecule has 0 aromatic heterocycles. The first kappa shape index (κ1) is 20.9. The van der Waals surface area contributed by atoms with Crippen molar-refractivity contribution in [1.82, 2.24) is 5.32 Å². The van der Waals surface area contributed by atoms with E-state index in [1.165, 1.54) is 6.07 Å². The zero-order valence-electron chi connectivity index (χ0n) is 16.7. The lowest BCUT2D eigenvalue weighted by Gasteiger charge is -2.12. The number of ether oxygens (including phenoxy) is 1. The molecule has 0 spiro atoms. The predicted octanol–water partition coefficient (Wildman–Crippen LogP) is 3.07. The first-order valence-electron chi connectivity index (χ1n) is 9.37. The Morgan fingerprint density at radius 3 is 2.33 bits per heavy atom. The maximum atomic E-state index is 12.2. The van der Waals surface area contributed by atoms with Gasteiger partial charge in [-0.1, -0.05) is 48.5 Å². The van der Waals surface area contributed by atoms with Crippen LogP contribution in [0.3, 0.4) is 0 Å². The number of fused-ring (bicyclic) bond motifs is 1. The number of rotatable bonds is 6. The van der Waals surface area contributed by atoms with Crippen molar-refractivity contribution in [2.24, 2.45) is 0 Å². The minimum atomic E-state index is -0.826. The predicted molar refractivity (Wildman–Crippen MR) is 113 cm³/mol. The van der Waals surface area contributed by atoms with Gasteiger partial charge in [0.2, 0.25) is 5.91 Å². The van der Waals surface area contributed by atoms with Gasteiger partial charge in [0.15, 0.2) is 6.61 Å². The number of aryl methyl sites for hydroxylation is 2. The Kier molecular flexibility index (Phi) is 6.32. The molecule has 154 valence electrons. The van der Waals surface area contributed by atoms with E-state index in [9.17, 15) is 19.5 Å². The number of aromatic hydroxyl groups is 1. The Balaban J connectivity index is 1.52. The lowest BCUT2D eigenvalue weighted by Crippen LogP contribution is -2.35. The highest BCUT2D eigenvalue weighted by atomic mass is 16.5. The molecule has 0 fully saturated rings. The second kappa shape index (κ2) is 9.09. The topological polar surface area (TPSA) is 105 Å². The summed E-state index contributed by atoms with van der Waals surface area (Å²) in [7, 11) is 0. The van der Waals surface area contributed by atoms with Gasteiger partial charge >= 0.3 is 5.97 Å². The summed E-state index contributed by atoms with van der Waals surface area (Å²) >= 11 is 0. The summed E-state index contributed by atoms with van der Waals surface area (Å²) in [6.45, 7) is 2.93. The molecule has 0 aliphatic rings. The van der Waals surface area contributed by atoms with Crippen LogP contribution in [-0.2, 0) is 14.3 Å². The quantitative estimate of drug-likeness (QED) is 0.546. The fraction of sp³-hybridized carbons (Fsp3) is 0.174. The van der Waals surface area contributed by atoms with Crippen molar-refractivity contribution in [2.45, 2.75) is 13.8 Å². The first-order chi connectivity index (χ1) is 14.4. The molecule has 0 aliphatic heterocycles. The summed E-state index contributed by atoms with van der Waals surface area (Å²) in [6.07, 6.45) is 0. The third kappa shape index (κ3) is 4.75. The van der Waals surface area contributed by atoms with Crippen LogP contribution in [0.2, 0.25) is 0 Å². The molecular formula is C23H22N2O5. The molecule has 0 heterocycles. The molecule has 0 saturated carbocycles. The number of para-hydroxylation sites is 1. The summed E-state index contributed by atoms with van der Waals surface area (Å²) < 4.78 is 4.97. The van der Waals surface area contributed by atoms with E-state index in [0.29, 0.717) is 11.1 Å². The van der Waals surface area contributed by atoms with Crippen LogP contribution in [0.1, 0.15) is 21.5 Å². The minimum Gasteiger partial charge on any atom is -0.506 e. The maximum absolute atomic E-state index is 12.2. The minimum absolute atomic E-state index is 0.0331. The molecule has 2 amide bonds. The number of carbonyl (C=O) groups excluding carboxylic acids is 3. The van der Waals surface area contributed by atoms with Crippen LogP contribution < -0.4 is 10.6 Å². The number of anilines is 1. The van der Waals surface area contributed by atoms with E-state index in [2.05, 4.69) is 10.6 Å². The number of benzene rings is 3. The molecule has 30 heavy (non-hydrogen) atoms. The SMILES string of the molecule is Cc1cccc(C)c1NC(=O)CNC(=O)COC(=O)c1ccc2ccccc2c1O. The Bertz CT molecular complexity index is 1100. The van der Waals surface area contributed by atoms with Crippen LogP contribution in [0.4, 0.5) is 5.69 Å². The molecule has 3 aromatic carbocycles. The number of esters is 1. The molecule has 0 aliphatic carbocycles. The van der Waals surface area contributed by atoms with Gasteiger partial charge in [-0.2, -0.15) is 0 Å². The Morgan fingerprint density at radius 1 is 0.900 bits per heavy atom. The summed E-state index contributed by atoms with van der Waals surface area (Å²) in [6, 6.07) is 15.8. The number of hydrogen-bond acceptors (Lipinski definition) is 5. The molecule has 7 nitrogen and oxygen atoms in total. The Labute approximate surface area is 173 Å². The van der Waals surface area contributed by atoms with Gasteiger partial charge in [-0.15, -0.1) is 0 Å². The van der Waals surface area contributed by atoms with Crippen LogP contribution >= 0.6 is 0 Å². The van der Waals surface area contributed by atoms with Gasteiger partial charge in [0.25, 0.3) is 5.91 Å². The number of carbonyl (C=O) groups is 3. The average molecular weight is 406 g/mol. The van der Waals surface area contributed by atoms with Crippen LogP contribution in [0.15, 0.2) is 54.6 Å². The normalized spacial score (nSPS) is 10.5. The van der Waals surface area contributed by atoms with Gasteiger partial charge in [0, 0.05) is 11.1 Å². The molecular weight excluding hydrogens is 384 g/mol. The van der Waals surface area contributed by atoms with E-state index < -0.39 is 18.5 Å². The summed E-state index contributed by atoms with van der Waals surface area (Å²) in [5, 5.41) is 16.7. The van der Waals surface area contributed by atoms with E-state index in [0.717, 1.165) is 16.5 Å².